The van der Waals surface area contributed by atoms with Gasteiger partial charge in [-0.15, -0.1) is 0 Å². The lowest BCUT2D eigenvalue weighted by atomic mass is 10.1. The Morgan fingerprint density at radius 3 is 2.12 bits per heavy atom. The van der Waals surface area contributed by atoms with Crippen molar-refractivity contribution in [2.45, 2.75) is 37.1 Å². The Labute approximate surface area is 195 Å². The van der Waals surface area contributed by atoms with Gasteiger partial charge in [0.2, 0.25) is 15.9 Å². The number of benzene rings is 2. The molecule has 1 aliphatic heterocycles. The Morgan fingerprint density at radius 1 is 0.848 bits per heavy atom. The third-order valence-electron chi connectivity index (χ3n) is 6.36. The van der Waals surface area contributed by atoms with E-state index >= 15 is 0 Å². The lowest BCUT2D eigenvalue weighted by Gasteiger charge is -2.34. The number of nitrogens with zero attached hydrogens (tertiary/aromatic N) is 2. The van der Waals surface area contributed by atoms with Crippen molar-refractivity contribution in [2.75, 3.05) is 26.2 Å². The zero-order valence-electron chi connectivity index (χ0n) is 18.6. The minimum Gasteiger partial charge on any atom is -0.296 e. The summed E-state index contributed by atoms with van der Waals surface area (Å²) in [6, 6.07) is 16.0. The monoisotopic (exact) mass is 470 g/mol. The van der Waals surface area contributed by atoms with Crippen molar-refractivity contribution in [1.82, 2.24) is 20.1 Å². The highest BCUT2D eigenvalue weighted by molar-refractivity contribution is 7.89. The van der Waals surface area contributed by atoms with Gasteiger partial charge < -0.3 is 0 Å². The maximum Gasteiger partial charge on any atom is 0.269 e. The number of piperazine rings is 1. The molecule has 2 aromatic rings. The smallest absolute Gasteiger partial charge is 0.269 e. The molecule has 2 aliphatic rings. The molecule has 33 heavy (non-hydrogen) atoms. The molecule has 0 bridgehead atoms. The van der Waals surface area contributed by atoms with E-state index in [2.05, 4.69) is 27.9 Å². The van der Waals surface area contributed by atoms with Gasteiger partial charge in [0.05, 0.1) is 4.90 Å². The molecule has 2 N–H and O–H groups in total. The van der Waals surface area contributed by atoms with Crippen LogP contribution in [0.3, 0.4) is 0 Å². The van der Waals surface area contributed by atoms with E-state index in [1.165, 1.54) is 34.1 Å². The fraction of sp³-hybridized carbons (Fsp3) is 0.417. The molecule has 2 fully saturated rings. The second-order valence-corrected chi connectivity index (χ2v) is 10.6. The van der Waals surface area contributed by atoms with Crippen LogP contribution in [0.1, 0.15) is 41.6 Å². The SMILES string of the molecule is O=C(NNC(=O)C1CCCC1)c1ccc(S(=O)(=O)N2CCN(Cc3ccccc3)CC2)cc1. The third kappa shape index (κ3) is 5.79. The summed E-state index contributed by atoms with van der Waals surface area (Å²) in [6.07, 6.45) is 3.75. The van der Waals surface area contributed by atoms with Crippen LogP contribution in [0.4, 0.5) is 0 Å². The molecule has 0 radical (unpaired) electrons. The highest BCUT2D eigenvalue weighted by Crippen LogP contribution is 2.24. The van der Waals surface area contributed by atoms with Crippen LogP contribution < -0.4 is 10.9 Å². The lowest BCUT2D eigenvalue weighted by molar-refractivity contribution is -0.125. The maximum absolute atomic E-state index is 13.0. The molecule has 2 amide bonds. The standard InChI is InChI=1S/C24H30N4O4S/c29-23(20-8-4-5-9-20)25-26-24(30)21-10-12-22(13-11-21)33(31,32)28-16-14-27(15-17-28)18-19-6-2-1-3-7-19/h1-3,6-7,10-13,20H,4-5,8-9,14-18H2,(H,25,29)(H,26,30). The molecule has 1 saturated carbocycles. The van der Waals surface area contributed by atoms with E-state index in [1.54, 1.807) is 0 Å². The number of amides is 2. The van der Waals surface area contributed by atoms with Crippen molar-refractivity contribution in [3.63, 3.8) is 0 Å². The summed E-state index contributed by atoms with van der Waals surface area (Å²) in [7, 11) is -3.63. The van der Waals surface area contributed by atoms with Crippen LogP contribution in [0.25, 0.3) is 0 Å². The highest BCUT2D eigenvalue weighted by atomic mass is 32.2. The number of hydrogen-bond acceptors (Lipinski definition) is 5. The molecule has 176 valence electrons. The zero-order valence-corrected chi connectivity index (χ0v) is 19.4. The van der Waals surface area contributed by atoms with Crippen molar-refractivity contribution < 1.29 is 18.0 Å². The first-order valence-electron chi connectivity index (χ1n) is 11.4. The predicted octanol–water partition coefficient (Wildman–Crippen LogP) is 2.14. The molecular formula is C24H30N4O4S. The average molecular weight is 471 g/mol. The zero-order chi connectivity index (χ0) is 23.3. The van der Waals surface area contributed by atoms with Crippen LogP contribution in [0.2, 0.25) is 0 Å². The molecule has 0 aromatic heterocycles. The number of carbonyl (C=O) groups excluding carboxylic acids is 2. The quantitative estimate of drug-likeness (QED) is 0.631. The second kappa shape index (κ2) is 10.5. The minimum atomic E-state index is -3.63. The minimum absolute atomic E-state index is 0.0500. The largest absolute Gasteiger partial charge is 0.296 e. The lowest BCUT2D eigenvalue weighted by Crippen LogP contribution is -2.48. The summed E-state index contributed by atoms with van der Waals surface area (Å²) in [6.45, 7) is 2.97. The van der Waals surface area contributed by atoms with E-state index in [0.29, 0.717) is 26.2 Å². The Morgan fingerprint density at radius 2 is 1.48 bits per heavy atom. The van der Waals surface area contributed by atoms with Gasteiger partial charge in [0.15, 0.2) is 0 Å². The van der Waals surface area contributed by atoms with Crippen molar-refractivity contribution >= 4 is 21.8 Å². The predicted molar refractivity (Wildman–Crippen MR) is 124 cm³/mol. The fourth-order valence-corrected chi connectivity index (χ4v) is 5.80. The Hall–Kier alpha value is -2.75. The number of nitrogens with one attached hydrogen (secondary N) is 2. The van der Waals surface area contributed by atoms with Gasteiger partial charge in [-0.1, -0.05) is 43.2 Å². The van der Waals surface area contributed by atoms with Gasteiger partial charge in [0.25, 0.3) is 5.91 Å². The molecule has 0 spiro atoms. The molecular weight excluding hydrogens is 440 g/mol. The van der Waals surface area contributed by atoms with Gasteiger partial charge in [-0.2, -0.15) is 4.31 Å². The summed E-state index contributed by atoms with van der Waals surface area (Å²) < 4.78 is 27.6. The number of hydrogen-bond donors (Lipinski definition) is 2. The highest BCUT2D eigenvalue weighted by Gasteiger charge is 2.29. The summed E-state index contributed by atoms with van der Waals surface area (Å²) in [5.41, 5.74) is 6.39. The molecule has 9 heteroatoms. The number of sulfonamides is 1. The van der Waals surface area contributed by atoms with Gasteiger partial charge in [0, 0.05) is 44.2 Å². The Balaban J connectivity index is 1.30. The van der Waals surface area contributed by atoms with Crippen molar-refractivity contribution in [3.8, 4) is 0 Å². The van der Waals surface area contributed by atoms with Gasteiger partial charge >= 0.3 is 0 Å². The van der Waals surface area contributed by atoms with Crippen LogP contribution in [-0.2, 0) is 21.4 Å². The van der Waals surface area contributed by atoms with E-state index in [0.717, 1.165) is 32.2 Å². The van der Waals surface area contributed by atoms with E-state index in [1.807, 2.05) is 18.2 Å². The van der Waals surface area contributed by atoms with E-state index in [4.69, 9.17) is 0 Å². The van der Waals surface area contributed by atoms with Gasteiger partial charge in [0.1, 0.15) is 0 Å². The summed E-state index contributed by atoms with van der Waals surface area (Å²) in [5.74, 6) is -0.697. The molecule has 1 aliphatic carbocycles. The first-order valence-corrected chi connectivity index (χ1v) is 12.8. The van der Waals surface area contributed by atoms with Crippen molar-refractivity contribution in [3.05, 3.63) is 65.7 Å². The van der Waals surface area contributed by atoms with Crippen LogP contribution in [0.5, 0.6) is 0 Å². The van der Waals surface area contributed by atoms with Crippen LogP contribution in [-0.4, -0.2) is 55.6 Å². The molecule has 2 aromatic carbocycles. The van der Waals surface area contributed by atoms with E-state index < -0.39 is 15.9 Å². The van der Waals surface area contributed by atoms with E-state index in [-0.39, 0.29) is 22.3 Å². The second-order valence-electron chi connectivity index (χ2n) is 8.61. The first kappa shape index (κ1) is 23.4. The summed E-state index contributed by atoms with van der Waals surface area (Å²) >= 11 is 0. The molecule has 4 rings (SSSR count). The summed E-state index contributed by atoms with van der Waals surface area (Å²) in [4.78, 5) is 26.8. The molecule has 1 saturated heterocycles. The van der Waals surface area contributed by atoms with E-state index in [9.17, 15) is 18.0 Å². The average Bonchev–Trinajstić information content (AvgIpc) is 3.39. The Bertz CT molecular complexity index is 1060. The molecule has 0 unspecified atom stereocenters. The normalized spacial score (nSPS) is 18.2. The summed E-state index contributed by atoms with van der Waals surface area (Å²) in [5, 5.41) is 0. The topological polar surface area (TPSA) is 98.8 Å². The Kier molecular flexibility index (Phi) is 7.42. The van der Waals surface area contributed by atoms with Gasteiger partial charge in [-0.25, -0.2) is 8.42 Å². The van der Waals surface area contributed by atoms with Crippen LogP contribution in [0.15, 0.2) is 59.5 Å². The fourth-order valence-electron chi connectivity index (χ4n) is 4.38. The first-order chi connectivity index (χ1) is 15.9. The molecule has 1 heterocycles. The molecule has 0 atom stereocenters. The number of rotatable bonds is 6. The van der Waals surface area contributed by atoms with Crippen molar-refractivity contribution in [2.24, 2.45) is 5.92 Å². The molecule has 8 nitrogen and oxygen atoms in total. The maximum atomic E-state index is 13.0. The van der Waals surface area contributed by atoms with Gasteiger partial charge in [-0.3, -0.25) is 25.3 Å². The van der Waals surface area contributed by atoms with Crippen LogP contribution >= 0.6 is 0 Å². The van der Waals surface area contributed by atoms with Crippen molar-refractivity contribution in [1.29, 1.82) is 0 Å². The number of carbonyl (C=O) groups is 2. The van der Waals surface area contributed by atoms with Gasteiger partial charge in [-0.05, 0) is 42.7 Å². The van der Waals surface area contributed by atoms with Crippen LogP contribution in [0, 0.1) is 5.92 Å². The number of hydrazine groups is 1. The third-order valence-corrected chi connectivity index (χ3v) is 8.27.